The molecule has 0 radical (unpaired) electrons. The quantitative estimate of drug-likeness (QED) is 0.202. The van der Waals surface area contributed by atoms with Crippen molar-refractivity contribution < 1.29 is 19.4 Å². The second-order valence-corrected chi connectivity index (χ2v) is 10.1. The highest BCUT2D eigenvalue weighted by Gasteiger charge is 2.48. The molecule has 188 valence electrons. The molecule has 1 aliphatic rings. The number of hydrogen-bond donors (Lipinski definition) is 1. The van der Waals surface area contributed by atoms with Gasteiger partial charge in [-0.2, -0.15) is 0 Å². The molecule has 3 aromatic carbocycles. The summed E-state index contributed by atoms with van der Waals surface area (Å²) in [5, 5.41) is 11.8. The Morgan fingerprint density at radius 3 is 2.41 bits per heavy atom. The van der Waals surface area contributed by atoms with Crippen LogP contribution < -0.4 is 14.5 Å². The van der Waals surface area contributed by atoms with Gasteiger partial charge in [-0.3, -0.25) is 14.5 Å². The molecule has 7 nitrogen and oxygen atoms in total. The predicted octanol–water partition coefficient (Wildman–Crippen LogP) is 5.70. The summed E-state index contributed by atoms with van der Waals surface area (Å²) in [4.78, 5) is 35.0. The van der Waals surface area contributed by atoms with Crippen LogP contribution in [0.15, 0.2) is 72.3 Å². The number of nitrogens with zero attached hydrogens (tertiary/aromatic N) is 3. The van der Waals surface area contributed by atoms with Crippen LogP contribution >= 0.6 is 11.3 Å². The van der Waals surface area contributed by atoms with Gasteiger partial charge in [0.05, 0.1) is 28.4 Å². The van der Waals surface area contributed by atoms with Gasteiger partial charge in [-0.1, -0.05) is 29.5 Å². The summed E-state index contributed by atoms with van der Waals surface area (Å²) in [6, 6.07) is 19.5. The third kappa shape index (κ3) is 4.44. The average Bonchev–Trinajstić information content (AvgIpc) is 3.42. The van der Waals surface area contributed by atoms with E-state index in [1.165, 1.54) is 16.2 Å². The number of aryl methyl sites for hydroxylation is 1. The molecule has 5 rings (SSSR count). The van der Waals surface area contributed by atoms with E-state index in [1.54, 1.807) is 24.3 Å². The fourth-order valence-electron chi connectivity index (χ4n) is 4.45. The van der Waals surface area contributed by atoms with Gasteiger partial charge in [0.1, 0.15) is 11.5 Å². The van der Waals surface area contributed by atoms with Crippen LogP contribution in [0.5, 0.6) is 5.75 Å². The third-order valence-corrected chi connectivity index (χ3v) is 7.36. The minimum absolute atomic E-state index is 0.0298. The van der Waals surface area contributed by atoms with Crippen molar-refractivity contribution in [1.82, 2.24) is 4.98 Å². The zero-order chi connectivity index (χ0) is 26.3. The maximum atomic E-state index is 13.5. The third-order valence-electron chi connectivity index (χ3n) is 6.35. The lowest BCUT2D eigenvalue weighted by Crippen LogP contribution is -2.29. The largest absolute Gasteiger partial charge is 0.507 e. The number of benzene rings is 3. The molecule has 1 atom stereocenters. The summed E-state index contributed by atoms with van der Waals surface area (Å²) in [5.41, 5.74) is 3.96. The van der Waals surface area contributed by atoms with E-state index >= 15 is 0 Å². The number of ether oxygens (including phenoxy) is 1. The van der Waals surface area contributed by atoms with Gasteiger partial charge < -0.3 is 14.7 Å². The Bertz CT molecular complexity index is 1520. The first-order chi connectivity index (χ1) is 17.8. The van der Waals surface area contributed by atoms with Gasteiger partial charge in [0.2, 0.25) is 0 Å². The number of thiazole rings is 1. The number of fused-ring (bicyclic) bond motifs is 1. The molecule has 1 saturated heterocycles. The predicted molar refractivity (Wildman–Crippen MR) is 148 cm³/mol. The van der Waals surface area contributed by atoms with Gasteiger partial charge in [0.25, 0.3) is 5.78 Å². The van der Waals surface area contributed by atoms with Gasteiger partial charge in [-0.05, 0) is 73.5 Å². The van der Waals surface area contributed by atoms with Gasteiger partial charge >= 0.3 is 5.91 Å². The molecular weight excluding hydrogens is 486 g/mol. The number of Topliss-reactive ketones (excluding diaryl/α,β-unsaturated/α-hetero) is 1. The molecular formula is C29H27N3O4S. The van der Waals surface area contributed by atoms with E-state index in [0.29, 0.717) is 28.6 Å². The molecule has 0 aliphatic carbocycles. The highest BCUT2D eigenvalue weighted by atomic mass is 32.1. The van der Waals surface area contributed by atoms with E-state index in [9.17, 15) is 14.7 Å². The van der Waals surface area contributed by atoms with Crippen molar-refractivity contribution in [1.29, 1.82) is 0 Å². The summed E-state index contributed by atoms with van der Waals surface area (Å²) in [6.45, 7) is 4.40. The molecule has 1 N–H and O–H groups in total. The first-order valence-electron chi connectivity index (χ1n) is 12.0. The molecule has 8 heteroatoms. The number of carbonyl (C=O) groups is 2. The van der Waals surface area contributed by atoms with E-state index in [1.807, 2.05) is 75.3 Å². The Kier molecular flexibility index (Phi) is 6.43. The molecule has 0 saturated carbocycles. The van der Waals surface area contributed by atoms with Crippen molar-refractivity contribution in [2.24, 2.45) is 0 Å². The Balaban J connectivity index is 1.68. The second kappa shape index (κ2) is 9.71. The van der Waals surface area contributed by atoms with Gasteiger partial charge in [-0.25, -0.2) is 4.98 Å². The molecule has 2 heterocycles. The molecule has 1 aliphatic heterocycles. The van der Waals surface area contributed by atoms with E-state index < -0.39 is 17.7 Å². The van der Waals surface area contributed by atoms with Crippen LogP contribution in [0.3, 0.4) is 0 Å². The Morgan fingerprint density at radius 2 is 1.76 bits per heavy atom. The molecule has 1 fully saturated rings. The van der Waals surface area contributed by atoms with Crippen molar-refractivity contribution in [3.05, 3.63) is 89.0 Å². The standard InChI is InChI=1S/C29H27N3O4S/c1-5-36-21-13-9-19(10-14-21)26(33)24-25(18-7-11-20(12-8-18)31(3)4)32(28(35)27(24)34)29-30-22-15-6-17(2)16-23(22)37-29/h6-16,25,33H,5H2,1-4H3. The number of aromatic nitrogens is 1. The number of rotatable bonds is 6. The number of carbonyl (C=O) groups excluding carboxylic acids is 2. The molecule has 0 spiro atoms. The lowest BCUT2D eigenvalue weighted by Gasteiger charge is -2.23. The van der Waals surface area contributed by atoms with Crippen molar-refractivity contribution in [2.45, 2.75) is 19.9 Å². The van der Waals surface area contributed by atoms with Crippen molar-refractivity contribution >= 4 is 49.8 Å². The molecule has 4 aromatic rings. The van der Waals surface area contributed by atoms with Gasteiger partial charge in [-0.15, -0.1) is 0 Å². The zero-order valence-corrected chi connectivity index (χ0v) is 21.9. The molecule has 1 aromatic heterocycles. The van der Waals surface area contributed by atoms with Crippen LogP contribution in [0.4, 0.5) is 10.8 Å². The van der Waals surface area contributed by atoms with Crippen molar-refractivity contribution in [3.63, 3.8) is 0 Å². The maximum absolute atomic E-state index is 13.5. The Morgan fingerprint density at radius 1 is 1.05 bits per heavy atom. The average molecular weight is 514 g/mol. The number of anilines is 2. The van der Waals surface area contributed by atoms with Crippen LogP contribution in [0, 0.1) is 6.92 Å². The summed E-state index contributed by atoms with van der Waals surface area (Å²) >= 11 is 1.35. The van der Waals surface area contributed by atoms with E-state index in [-0.39, 0.29) is 11.3 Å². The maximum Gasteiger partial charge on any atom is 0.301 e. The minimum atomic E-state index is -0.829. The monoisotopic (exact) mass is 513 g/mol. The first-order valence-corrected chi connectivity index (χ1v) is 12.8. The lowest BCUT2D eigenvalue weighted by molar-refractivity contribution is -0.132. The highest BCUT2D eigenvalue weighted by molar-refractivity contribution is 7.22. The number of amides is 1. The molecule has 0 bridgehead atoms. The van der Waals surface area contributed by atoms with Crippen LogP contribution in [0.25, 0.3) is 16.0 Å². The zero-order valence-electron chi connectivity index (χ0n) is 21.1. The normalized spacial score (nSPS) is 17.0. The summed E-state index contributed by atoms with van der Waals surface area (Å²) < 4.78 is 6.42. The van der Waals surface area contributed by atoms with Crippen LogP contribution in [-0.2, 0) is 9.59 Å². The fraction of sp³-hybridized carbons (Fsp3) is 0.207. The second-order valence-electron chi connectivity index (χ2n) is 9.08. The van der Waals surface area contributed by atoms with E-state index in [4.69, 9.17) is 4.74 Å². The number of ketones is 1. The fourth-order valence-corrected chi connectivity index (χ4v) is 5.54. The smallest absolute Gasteiger partial charge is 0.301 e. The topological polar surface area (TPSA) is 83.0 Å². The lowest BCUT2D eigenvalue weighted by atomic mass is 9.95. The summed E-state index contributed by atoms with van der Waals surface area (Å²) in [7, 11) is 3.88. The summed E-state index contributed by atoms with van der Waals surface area (Å²) in [5.74, 6) is -1.05. The molecule has 37 heavy (non-hydrogen) atoms. The molecule has 1 unspecified atom stereocenters. The number of hydrogen-bond acceptors (Lipinski definition) is 7. The molecule has 1 amide bonds. The van der Waals surface area contributed by atoms with Crippen molar-refractivity contribution in [3.8, 4) is 5.75 Å². The van der Waals surface area contributed by atoms with Crippen molar-refractivity contribution in [2.75, 3.05) is 30.5 Å². The number of aliphatic hydroxyl groups is 1. The van der Waals surface area contributed by atoms with Gasteiger partial charge in [0.15, 0.2) is 5.13 Å². The SMILES string of the molecule is CCOc1ccc(C(O)=C2C(=O)C(=O)N(c3nc4ccc(C)cc4s3)C2c2ccc(N(C)C)cc2)cc1. The number of aliphatic hydroxyl groups excluding tert-OH is 1. The minimum Gasteiger partial charge on any atom is -0.507 e. The highest BCUT2D eigenvalue weighted by Crippen LogP contribution is 2.44. The Hall–Kier alpha value is -4.17. The van der Waals surface area contributed by atoms with Crippen LogP contribution in [-0.4, -0.2) is 42.5 Å². The van der Waals surface area contributed by atoms with Crippen LogP contribution in [0.2, 0.25) is 0 Å². The van der Waals surface area contributed by atoms with Crippen LogP contribution in [0.1, 0.15) is 29.7 Å². The summed E-state index contributed by atoms with van der Waals surface area (Å²) in [6.07, 6.45) is 0. The van der Waals surface area contributed by atoms with Gasteiger partial charge in [0, 0.05) is 25.3 Å². The van der Waals surface area contributed by atoms with E-state index in [2.05, 4.69) is 4.98 Å². The first kappa shape index (κ1) is 24.5. The van der Waals surface area contributed by atoms with E-state index in [0.717, 1.165) is 21.5 Å². The Labute approximate surface area is 219 Å².